The fourth-order valence-corrected chi connectivity index (χ4v) is 3.46. The molecule has 0 saturated carbocycles. The number of aryl methyl sites for hydroxylation is 1. The normalized spacial score (nSPS) is 18.6. The Balaban J connectivity index is 0.00000200. The molecule has 2 atom stereocenters. The van der Waals surface area contributed by atoms with E-state index in [1.807, 2.05) is 11.8 Å². The Bertz CT molecular complexity index is 445. The fourth-order valence-electron chi connectivity index (χ4n) is 2.23. The molecule has 1 amide bonds. The number of carbonyl (C=O) groups excluding carboxylic acids is 1. The molecule has 2 rings (SSSR count). The molecule has 0 bridgehead atoms. The zero-order valence-corrected chi connectivity index (χ0v) is 13.1. The van der Waals surface area contributed by atoms with Gasteiger partial charge in [0.05, 0.1) is 6.61 Å². The molecule has 1 heterocycles. The van der Waals surface area contributed by atoms with Gasteiger partial charge >= 0.3 is 0 Å². The molecule has 1 aromatic rings. The van der Waals surface area contributed by atoms with Gasteiger partial charge in [0.1, 0.15) is 6.04 Å². The van der Waals surface area contributed by atoms with Gasteiger partial charge in [-0.2, -0.15) is 11.8 Å². The highest BCUT2D eigenvalue weighted by molar-refractivity contribution is 7.99. The average Bonchev–Trinajstić information content (AvgIpc) is 2.45. The maximum Gasteiger partial charge on any atom is 0.239 e. The Morgan fingerprint density at radius 1 is 1.55 bits per heavy atom. The number of fused-ring (bicyclic) bond motifs is 1. The summed E-state index contributed by atoms with van der Waals surface area (Å²) in [7, 11) is 1.54. The van der Waals surface area contributed by atoms with Crippen LogP contribution in [0.5, 0.6) is 0 Å². The predicted octanol–water partition coefficient (Wildman–Crippen LogP) is 1.53. The Kier molecular flexibility index (Phi) is 7.37. The van der Waals surface area contributed by atoms with Crippen LogP contribution in [-0.2, 0) is 16.0 Å². The molecule has 0 radical (unpaired) electrons. The molecular formula is C14H21ClN2O2S. The number of amides is 1. The van der Waals surface area contributed by atoms with Crippen molar-refractivity contribution in [3.63, 3.8) is 0 Å². The van der Waals surface area contributed by atoms with E-state index in [1.165, 1.54) is 11.1 Å². The van der Waals surface area contributed by atoms with Crippen LogP contribution in [0, 0.1) is 0 Å². The largest absolute Gasteiger partial charge is 0.383 e. The van der Waals surface area contributed by atoms with Gasteiger partial charge in [0, 0.05) is 18.9 Å². The number of hydrogen-bond acceptors (Lipinski definition) is 4. The third kappa shape index (κ3) is 4.38. The molecule has 0 saturated heterocycles. The fraction of sp³-hybridized carbons (Fsp3) is 0.500. The summed E-state index contributed by atoms with van der Waals surface area (Å²) in [5.74, 6) is 0.951. The molecule has 0 aromatic heterocycles. The van der Waals surface area contributed by atoms with Crippen LogP contribution in [-0.4, -0.2) is 38.0 Å². The SMILES string of the molecule is COCC(N)C(=O)NCC1SCCc2ccccc21.Cl. The zero-order chi connectivity index (χ0) is 13.7. The third-order valence-corrected chi connectivity index (χ3v) is 4.50. The van der Waals surface area contributed by atoms with Gasteiger partial charge in [-0.05, 0) is 23.3 Å². The number of halogens is 1. The molecule has 1 aromatic carbocycles. The lowest BCUT2D eigenvalue weighted by molar-refractivity contribution is -0.123. The van der Waals surface area contributed by atoms with E-state index in [0.717, 1.165) is 12.2 Å². The first kappa shape index (κ1) is 17.3. The molecule has 2 unspecified atom stereocenters. The molecule has 0 aliphatic carbocycles. The van der Waals surface area contributed by atoms with Crippen LogP contribution in [0.3, 0.4) is 0 Å². The van der Waals surface area contributed by atoms with E-state index in [1.54, 1.807) is 7.11 Å². The maximum absolute atomic E-state index is 11.8. The summed E-state index contributed by atoms with van der Waals surface area (Å²) in [6, 6.07) is 7.84. The maximum atomic E-state index is 11.8. The molecule has 112 valence electrons. The van der Waals surface area contributed by atoms with Gasteiger partial charge in [-0.1, -0.05) is 24.3 Å². The number of nitrogens with one attached hydrogen (secondary N) is 1. The molecule has 20 heavy (non-hydrogen) atoms. The lowest BCUT2D eigenvalue weighted by atomic mass is 10.0. The van der Waals surface area contributed by atoms with Crippen LogP contribution in [0.2, 0.25) is 0 Å². The first-order valence-electron chi connectivity index (χ1n) is 6.44. The van der Waals surface area contributed by atoms with Crippen LogP contribution in [0.25, 0.3) is 0 Å². The highest BCUT2D eigenvalue weighted by Crippen LogP contribution is 2.35. The molecular weight excluding hydrogens is 296 g/mol. The van der Waals surface area contributed by atoms with E-state index in [2.05, 4.69) is 29.6 Å². The number of rotatable bonds is 5. The number of ether oxygens (including phenoxy) is 1. The van der Waals surface area contributed by atoms with Crippen molar-refractivity contribution >= 4 is 30.1 Å². The smallest absolute Gasteiger partial charge is 0.239 e. The Morgan fingerprint density at radius 3 is 3.05 bits per heavy atom. The Hall–Kier alpha value is -0.750. The van der Waals surface area contributed by atoms with Gasteiger partial charge in [-0.15, -0.1) is 12.4 Å². The van der Waals surface area contributed by atoms with Gasteiger partial charge in [-0.25, -0.2) is 0 Å². The van der Waals surface area contributed by atoms with Crippen molar-refractivity contribution in [3.05, 3.63) is 35.4 Å². The van der Waals surface area contributed by atoms with Gasteiger partial charge in [-0.3, -0.25) is 4.79 Å². The quantitative estimate of drug-likeness (QED) is 0.864. The van der Waals surface area contributed by atoms with Crippen LogP contribution in [0.1, 0.15) is 16.4 Å². The first-order valence-corrected chi connectivity index (χ1v) is 7.49. The van der Waals surface area contributed by atoms with Crippen LogP contribution in [0.15, 0.2) is 24.3 Å². The number of nitrogens with two attached hydrogens (primary N) is 1. The Morgan fingerprint density at radius 2 is 2.30 bits per heavy atom. The minimum Gasteiger partial charge on any atom is -0.383 e. The second-order valence-electron chi connectivity index (χ2n) is 4.62. The van der Waals surface area contributed by atoms with E-state index in [9.17, 15) is 4.79 Å². The molecule has 4 nitrogen and oxygen atoms in total. The van der Waals surface area contributed by atoms with Gasteiger partial charge < -0.3 is 15.8 Å². The summed E-state index contributed by atoms with van der Waals surface area (Å²) < 4.78 is 4.88. The minimum atomic E-state index is -0.589. The lowest BCUT2D eigenvalue weighted by Crippen LogP contribution is -2.44. The summed E-state index contributed by atoms with van der Waals surface area (Å²) in [4.78, 5) is 11.8. The second kappa shape index (κ2) is 8.52. The van der Waals surface area contributed by atoms with E-state index in [0.29, 0.717) is 11.8 Å². The van der Waals surface area contributed by atoms with E-state index < -0.39 is 6.04 Å². The number of thioether (sulfide) groups is 1. The van der Waals surface area contributed by atoms with Gasteiger partial charge in [0.15, 0.2) is 0 Å². The van der Waals surface area contributed by atoms with Crippen molar-refractivity contribution in [2.24, 2.45) is 5.73 Å². The second-order valence-corrected chi connectivity index (χ2v) is 5.93. The van der Waals surface area contributed by atoms with Crippen LogP contribution < -0.4 is 11.1 Å². The van der Waals surface area contributed by atoms with Crippen molar-refractivity contribution in [1.29, 1.82) is 0 Å². The topological polar surface area (TPSA) is 64.3 Å². The molecule has 1 aliphatic heterocycles. The van der Waals surface area contributed by atoms with Crippen LogP contribution >= 0.6 is 24.2 Å². The number of benzene rings is 1. The standard InChI is InChI=1S/C14H20N2O2S.ClH/c1-18-9-12(15)14(17)16-8-13-11-5-3-2-4-10(11)6-7-19-13;/h2-5,12-13H,6-9,15H2,1H3,(H,16,17);1H. The number of carbonyl (C=O) groups is 1. The summed E-state index contributed by atoms with van der Waals surface area (Å²) in [6.45, 7) is 0.873. The number of methoxy groups -OCH3 is 1. The molecule has 1 aliphatic rings. The minimum absolute atomic E-state index is 0. The average molecular weight is 317 g/mol. The molecule has 0 spiro atoms. The van der Waals surface area contributed by atoms with Gasteiger partial charge in [0.2, 0.25) is 5.91 Å². The van der Waals surface area contributed by atoms with Gasteiger partial charge in [0.25, 0.3) is 0 Å². The van der Waals surface area contributed by atoms with Crippen LogP contribution in [0.4, 0.5) is 0 Å². The number of hydrogen-bond donors (Lipinski definition) is 2. The summed E-state index contributed by atoms with van der Waals surface area (Å²) in [5.41, 5.74) is 8.42. The monoisotopic (exact) mass is 316 g/mol. The van der Waals surface area contributed by atoms with E-state index in [4.69, 9.17) is 10.5 Å². The van der Waals surface area contributed by atoms with Crippen molar-refractivity contribution in [1.82, 2.24) is 5.32 Å². The van der Waals surface area contributed by atoms with Crippen molar-refractivity contribution in [3.8, 4) is 0 Å². The summed E-state index contributed by atoms with van der Waals surface area (Å²) in [6.07, 6.45) is 1.11. The highest BCUT2D eigenvalue weighted by atomic mass is 35.5. The van der Waals surface area contributed by atoms with Crippen molar-refractivity contribution in [2.45, 2.75) is 17.7 Å². The molecule has 0 fully saturated rings. The lowest BCUT2D eigenvalue weighted by Gasteiger charge is -2.25. The van der Waals surface area contributed by atoms with E-state index >= 15 is 0 Å². The van der Waals surface area contributed by atoms with E-state index in [-0.39, 0.29) is 24.9 Å². The van der Waals surface area contributed by atoms with Crippen molar-refractivity contribution in [2.75, 3.05) is 26.0 Å². The first-order chi connectivity index (χ1) is 9.22. The zero-order valence-electron chi connectivity index (χ0n) is 11.5. The third-order valence-electron chi connectivity index (χ3n) is 3.24. The summed E-state index contributed by atoms with van der Waals surface area (Å²) in [5, 5.41) is 3.24. The summed E-state index contributed by atoms with van der Waals surface area (Å²) >= 11 is 1.89. The van der Waals surface area contributed by atoms with Crippen molar-refractivity contribution < 1.29 is 9.53 Å². The Labute approximate surface area is 130 Å². The highest BCUT2D eigenvalue weighted by Gasteiger charge is 2.21. The predicted molar refractivity (Wildman–Crippen MR) is 85.5 cm³/mol. The molecule has 6 heteroatoms. The molecule has 3 N–H and O–H groups in total.